The van der Waals surface area contributed by atoms with Crippen molar-refractivity contribution in [2.45, 2.75) is 0 Å². The molecule has 2 aromatic carbocycles. The Balaban J connectivity index is 1.85. The summed E-state index contributed by atoms with van der Waals surface area (Å²) >= 11 is 9.04. The first kappa shape index (κ1) is 17.9. The second-order valence-corrected chi connectivity index (χ2v) is 5.86. The molecule has 4 N–H and O–H groups in total. The number of hydrogen-bond acceptors (Lipinski definition) is 5. The predicted molar refractivity (Wildman–Crippen MR) is 90.0 cm³/mol. The molecule has 0 fully saturated rings. The van der Waals surface area contributed by atoms with Gasteiger partial charge in [-0.25, -0.2) is 0 Å². The van der Waals surface area contributed by atoms with E-state index in [-0.39, 0.29) is 17.9 Å². The Morgan fingerprint density at radius 2 is 1.88 bits per heavy atom. The Bertz CT molecular complexity index is 784. The fourth-order valence-electron chi connectivity index (χ4n) is 1.68. The lowest BCUT2D eigenvalue weighted by Crippen LogP contribution is -2.43. The van der Waals surface area contributed by atoms with Gasteiger partial charge in [0.15, 0.2) is 6.61 Å². The third-order valence-corrected chi connectivity index (χ3v) is 3.65. The molecule has 0 aliphatic rings. The molecule has 7 nitrogen and oxygen atoms in total. The Kier molecular flexibility index (Phi) is 5.88. The van der Waals surface area contributed by atoms with Crippen LogP contribution in [0.4, 0.5) is 0 Å². The van der Waals surface area contributed by atoms with E-state index in [0.29, 0.717) is 15.2 Å². The maximum absolute atomic E-state index is 11.8. The van der Waals surface area contributed by atoms with Crippen molar-refractivity contribution in [3.63, 3.8) is 0 Å². The molecular formula is C15H12BrClN2O5. The monoisotopic (exact) mass is 414 g/mol. The van der Waals surface area contributed by atoms with Gasteiger partial charge in [0.2, 0.25) is 0 Å². The van der Waals surface area contributed by atoms with Crippen LogP contribution in [0.2, 0.25) is 5.02 Å². The van der Waals surface area contributed by atoms with E-state index in [4.69, 9.17) is 21.4 Å². The van der Waals surface area contributed by atoms with Gasteiger partial charge in [-0.3, -0.25) is 20.4 Å². The number of benzene rings is 2. The van der Waals surface area contributed by atoms with Crippen molar-refractivity contribution in [1.29, 1.82) is 0 Å². The zero-order chi connectivity index (χ0) is 17.7. The molecule has 0 saturated heterocycles. The highest BCUT2D eigenvalue weighted by Gasteiger charge is 2.13. The molecule has 126 valence electrons. The summed E-state index contributed by atoms with van der Waals surface area (Å²) in [7, 11) is 0. The number of nitrogens with one attached hydrogen (secondary N) is 2. The van der Waals surface area contributed by atoms with Crippen molar-refractivity contribution in [1.82, 2.24) is 10.9 Å². The lowest BCUT2D eigenvalue weighted by atomic mass is 10.2. The van der Waals surface area contributed by atoms with E-state index in [1.807, 2.05) is 0 Å². The van der Waals surface area contributed by atoms with Crippen LogP contribution in [0.25, 0.3) is 0 Å². The van der Waals surface area contributed by atoms with Gasteiger partial charge in [0.25, 0.3) is 11.8 Å². The molecule has 0 heterocycles. The largest absolute Gasteiger partial charge is 0.508 e. The second kappa shape index (κ2) is 7.89. The van der Waals surface area contributed by atoms with Crippen LogP contribution in [-0.2, 0) is 4.79 Å². The molecule has 0 unspecified atom stereocenters. The van der Waals surface area contributed by atoms with Crippen molar-refractivity contribution >= 4 is 39.3 Å². The first-order valence-electron chi connectivity index (χ1n) is 6.56. The summed E-state index contributed by atoms with van der Waals surface area (Å²) < 4.78 is 5.86. The third-order valence-electron chi connectivity index (χ3n) is 2.79. The highest BCUT2D eigenvalue weighted by molar-refractivity contribution is 9.10. The predicted octanol–water partition coefficient (Wildman–Crippen LogP) is 2.35. The van der Waals surface area contributed by atoms with Gasteiger partial charge in [-0.15, -0.1) is 0 Å². The van der Waals surface area contributed by atoms with E-state index in [2.05, 4.69) is 26.8 Å². The SMILES string of the molecule is O=C(COc1ccc(Cl)cc1Br)NNC(=O)c1ccc(O)cc1O. The highest BCUT2D eigenvalue weighted by Crippen LogP contribution is 2.27. The Labute approximate surface area is 150 Å². The number of rotatable bonds is 4. The van der Waals surface area contributed by atoms with Crippen LogP contribution in [0.15, 0.2) is 40.9 Å². The number of ether oxygens (including phenoxy) is 1. The maximum Gasteiger partial charge on any atom is 0.276 e. The van der Waals surface area contributed by atoms with E-state index < -0.39 is 17.6 Å². The minimum atomic E-state index is -0.742. The van der Waals surface area contributed by atoms with Crippen molar-refractivity contribution in [2.75, 3.05) is 6.61 Å². The lowest BCUT2D eigenvalue weighted by Gasteiger charge is -2.10. The quantitative estimate of drug-likeness (QED) is 0.573. The standard InChI is InChI=1S/C15H12BrClN2O5/c16-11-5-8(17)1-4-13(11)24-7-14(22)18-19-15(23)10-3-2-9(20)6-12(10)21/h1-6,20-21H,7H2,(H,18,22)(H,19,23). The smallest absolute Gasteiger partial charge is 0.276 e. The highest BCUT2D eigenvalue weighted by atomic mass is 79.9. The summed E-state index contributed by atoms with van der Waals surface area (Å²) in [6.45, 7) is -0.345. The molecule has 0 radical (unpaired) electrons. The first-order valence-corrected chi connectivity index (χ1v) is 7.73. The van der Waals surface area contributed by atoms with Crippen molar-refractivity contribution in [3.05, 3.63) is 51.5 Å². The first-order chi connectivity index (χ1) is 11.4. The topological polar surface area (TPSA) is 108 Å². The number of aromatic hydroxyl groups is 2. The molecule has 9 heteroatoms. The zero-order valence-electron chi connectivity index (χ0n) is 12.0. The Morgan fingerprint density at radius 1 is 1.12 bits per heavy atom. The van der Waals surface area contributed by atoms with Crippen molar-refractivity contribution in [2.24, 2.45) is 0 Å². The van der Waals surface area contributed by atoms with E-state index in [0.717, 1.165) is 6.07 Å². The van der Waals surface area contributed by atoms with Crippen LogP contribution >= 0.6 is 27.5 Å². The maximum atomic E-state index is 11.8. The molecule has 24 heavy (non-hydrogen) atoms. The molecule has 0 atom stereocenters. The fourth-order valence-corrected chi connectivity index (χ4v) is 2.47. The number of carbonyl (C=O) groups is 2. The van der Waals surface area contributed by atoms with Crippen LogP contribution in [0, 0.1) is 0 Å². The number of halogens is 2. The van der Waals surface area contributed by atoms with E-state index >= 15 is 0 Å². The average Bonchev–Trinajstić information content (AvgIpc) is 2.51. The van der Waals surface area contributed by atoms with Crippen LogP contribution in [0.1, 0.15) is 10.4 Å². The van der Waals surface area contributed by atoms with Crippen LogP contribution in [0.3, 0.4) is 0 Å². The number of phenols is 2. The second-order valence-electron chi connectivity index (χ2n) is 4.57. The Morgan fingerprint density at radius 3 is 2.54 bits per heavy atom. The fraction of sp³-hybridized carbons (Fsp3) is 0.0667. The van der Waals surface area contributed by atoms with Gasteiger partial charge in [-0.2, -0.15) is 0 Å². The molecule has 0 spiro atoms. The molecule has 0 aromatic heterocycles. The molecule has 0 bridgehead atoms. The molecule has 2 rings (SSSR count). The zero-order valence-corrected chi connectivity index (χ0v) is 14.4. The van der Waals surface area contributed by atoms with Gasteiger partial charge < -0.3 is 14.9 Å². The molecule has 2 aromatic rings. The summed E-state index contributed by atoms with van der Waals surface area (Å²) in [5.41, 5.74) is 4.17. The molecule has 0 saturated carbocycles. The van der Waals surface area contributed by atoms with Crippen molar-refractivity contribution < 1.29 is 24.5 Å². The van der Waals surface area contributed by atoms with Crippen LogP contribution < -0.4 is 15.6 Å². The number of carbonyl (C=O) groups excluding carboxylic acids is 2. The van der Waals surface area contributed by atoms with E-state index in [1.165, 1.54) is 12.1 Å². The summed E-state index contributed by atoms with van der Waals surface area (Å²) in [6.07, 6.45) is 0. The number of phenolic OH excluding ortho intramolecular Hbond substituents is 2. The molecule has 0 aliphatic heterocycles. The molecule has 2 amide bonds. The number of hydrogen-bond donors (Lipinski definition) is 4. The van der Waals surface area contributed by atoms with Gasteiger partial charge >= 0.3 is 0 Å². The summed E-state index contributed by atoms with van der Waals surface area (Å²) in [5.74, 6) is -1.54. The Hall–Kier alpha value is -2.45. The lowest BCUT2D eigenvalue weighted by molar-refractivity contribution is -0.123. The van der Waals surface area contributed by atoms with Crippen LogP contribution in [0.5, 0.6) is 17.2 Å². The average molecular weight is 416 g/mol. The summed E-state index contributed by atoms with van der Waals surface area (Å²) in [4.78, 5) is 23.5. The van der Waals surface area contributed by atoms with Gasteiger partial charge in [-0.05, 0) is 46.3 Å². The molecule has 0 aliphatic carbocycles. The van der Waals surface area contributed by atoms with Crippen LogP contribution in [-0.4, -0.2) is 28.6 Å². The van der Waals surface area contributed by atoms with Gasteiger partial charge in [0.05, 0.1) is 10.0 Å². The van der Waals surface area contributed by atoms with E-state index in [9.17, 15) is 14.7 Å². The minimum Gasteiger partial charge on any atom is -0.508 e. The minimum absolute atomic E-state index is 0.102. The van der Waals surface area contributed by atoms with Gasteiger partial charge in [0, 0.05) is 11.1 Å². The van der Waals surface area contributed by atoms with E-state index in [1.54, 1.807) is 18.2 Å². The summed E-state index contributed by atoms with van der Waals surface area (Å²) in [5, 5.41) is 19.2. The van der Waals surface area contributed by atoms with Gasteiger partial charge in [0.1, 0.15) is 17.2 Å². The number of amides is 2. The third kappa shape index (κ3) is 4.77. The number of hydrazine groups is 1. The van der Waals surface area contributed by atoms with Gasteiger partial charge in [-0.1, -0.05) is 11.6 Å². The summed E-state index contributed by atoms with van der Waals surface area (Å²) in [6, 6.07) is 8.27. The van der Waals surface area contributed by atoms with Crippen molar-refractivity contribution in [3.8, 4) is 17.2 Å². The molecular weight excluding hydrogens is 404 g/mol. The normalized spacial score (nSPS) is 10.1.